The van der Waals surface area contributed by atoms with Crippen molar-refractivity contribution in [3.8, 4) is 0 Å². The number of amides is 1. The van der Waals surface area contributed by atoms with Gasteiger partial charge < -0.3 is 19.9 Å². The SMILES string of the molecule is CCOC(=O)N1CCN(c2cc(NCCc3ccccc3)ncn2)CC1. The van der Waals surface area contributed by atoms with Gasteiger partial charge in [0.2, 0.25) is 0 Å². The lowest BCUT2D eigenvalue weighted by Crippen LogP contribution is -2.49. The number of ether oxygens (including phenoxy) is 1. The van der Waals surface area contributed by atoms with E-state index in [1.165, 1.54) is 5.56 Å². The molecule has 1 fully saturated rings. The zero-order chi connectivity index (χ0) is 18.2. The van der Waals surface area contributed by atoms with Crippen LogP contribution in [-0.2, 0) is 11.2 Å². The van der Waals surface area contributed by atoms with Crippen molar-refractivity contribution in [1.29, 1.82) is 0 Å². The number of nitrogens with zero attached hydrogens (tertiary/aromatic N) is 4. The Morgan fingerprint density at radius 1 is 1.15 bits per heavy atom. The molecule has 1 amide bonds. The number of nitrogens with one attached hydrogen (secondary N) is 1. The topological polar surface area (TPSA) is 70.6 Å². The highest BCUT2D eigenvalue weighted by molar-refractivity contribution is 5.68. The van der Waals surface area contributed by atoms with Gasteiger partial charge in [-0.15, -0.1) is 0 Å². The van der Waals surface area contributed by atoms with E-state index in [1.54, 1.807) is 11.2 Å². The van der Waals surface area contributed by atoms with E-state index in [-0.39, 0.29) is 6.09 Å². The standard InChI is InChI=1S/C19H25N5O2/c1-2-26-19(25)24-12-10-23(11-13-24)18-14-17(21-15-22-18)20-9-8-16-6-4-3-5-7-16/h3-7,14-15H,2,8-13H2,1H3,(H,20,21,22). The molecule has 1 aromatic heterocycles. The minimum atomic E-state index is -0.238. The Balaban J connectivity index is 1.50. The molecule has 0 unspecified atom stereocenters. The molecule has 7 heteroatoms. The maximum Gasteiger partial charge on any atom is 0.409 e. The maximum absolute atomic E-state index is 11.8. The zero-order valence-corrected chi connectivity index (χ0v) is 15.1. The summed E-state index contributed by atoms with van der Waals surface area (Å²) in [5, 5.41) is 3.35. The van der Waals surface area contributed by atoms with Crippen LogP contribution in [0.4, 0.5) is 16.4 Å². The van der Waals surface area contributed by atoms with Gasteiger partial charge in [0, 0.05) is 38.8 Å². The summed E-state index contributed by atoms with van der Waals surface area (Å²) in [7, 11) is 0. The van der Waals surface area contributed by atoms with Crippen LogP contribution in [0.1, 0.15) is 12.5 Å². The number of hydrogen-bond acceptors (Lipinski definition) is 6. The molecule has 1 aliphatic heterocycles. The Bertz CT molecular complexity index is 702. The summed E-state index contributed by atoms with van der Waals surface area (Å²) < 4.78 is 5.06. The van der Waals surface area contributed by atoms with Crippen LogP contribution in [0.15, 0.2) is 42.7 Å². The zero-order valence-electron chi connectivity index (χ0n) is 15.1. The molecule has 1 N–H and O–H groups in total. The van der Waals surface area contributed by atoms with E-state index in [0.29, 0.717) is 19.7 Å². The molecule has 0 aliphatic carbocycles. The van der Waals surface area contributed by atoms with Crippen molar-refractivity contribution >= 4 is 17.7 Å². The number of anilines is 2. The van der Waals surface area contributed by atoms with Crippen LogP contribution in [0, 0.1) is 0 Å². The molecule has 138 valence electrons. The summed E-state index contributed by atoms with van der Waals surface area (Å²) in [6.07, 6.45) is 2.29. The smallest absolute Gasteiger partial charge is 0.409 e. The van der Waals surface area contributed by atoms with Crippen LogP contribution >= 0.6 is 0 Å². The van der Waals surface area contributed by atoms with Gasteiger partial charge in [0.25, 0.3) is 0 Å². The van der Waals surface area contributed by atoms with Gasteiger partial charge in [0.15, 0.2) is 0 Å². The Morgan fingerprint density at radius 3 is 2.65 bits per heavy atom. The molecule has 0 saturated carbocycles. The minimum Gasteiger partial charge on any atom is -0.450 e. The lowest BCUT2D eigenvalue weighted by atomic mass is 10.1. The molecule has 2 aromatic rings. The Hall–Kier alpha value is -2.83. The molecule has 1 aromatic carbocycles. The highest BCUT2D eigenvalue weighted by Gasteiger charge is 2.22. The number of carbonyl (C=O) groups excluding carboxylic acids is 1. The molecular formula is C19H25N5O2. The van der Waals surface area contributed by atoms with E-state index < -0.39 is 0 Å². The summed E-state index contributed by atoms with van der Waals surface area (Å²) in [6, 6.07) is 12.3. The number of benzene rings is 1. The molecular weight excluding hydrogens is 330 g/mol. The van der Waals surface area contributed by atoms with Gasteiger partial charge in [-0.3, -0.25) is 0 Å². The predicted octanol–water partition coefficient (Wildman–Crippen LogP) is 2.41. The first-order valence-corrected chi connectivity index (χ1v) is 9.02. The van der Waals surface area contributed by atoms with Crippen molar-refractivity contribution in [1.82, 2.24) is 14.9 Å². The van der Waals surface area contributed by atoms with Crippen LogP contribution in [0.25, 0.3) is 0 Å². The highest BCUT2D eigenvalue weighted by Crippen LogP contribution is 2.16. The third-order valence-corrected chi connectivity index (χ3v) is 4.34. The maximum atomic E-state index is 11.8. The van der Waals surface area contributed by atoms with E-state index in [0.717, 1.165) is 37.7 Å². The Morgan fingerprint density at radius 2 is 1.92 bits per heavy atom. The fourth-order valence-electron chi connectivity index (χ4n) is 2.93. The number of carbonyl (C=O) groups is 1. The van der Waals surface area contributed by atoms with Crippen molar-refractivity contribution in [2.45, 2.75) is 13.3 Å². The number of hydrogen-bond donors (Lipinski definition) is 1. The predicted molar refractivity (Wildman–Crippen MR) is 101 cm³/mol. The van der Waals surface area contributed by atoms with E-state index >= 15 is 0 Å². The van der Waals surface area contributed by atoms with Crippen molar-refractivity contribution in [3.63, 3.8) is 0 Å². The first-order valence-electron chi connectivity index (χ1n) is 9.02. The summed E-state index contributed by atoms with van der Waals surface area (Å²) in [6.45, 7) is 5.79. The highest BCUT2D eigenvalue weighted by atomic mass is 16.6. The Labute approximate surface area is 154 Å². The molecule has 26 heavy (non-hydrogen) atoms. The summed E-state index contributed by atoms with van der Waals surface area (Å²) in [5.41, 5.74) is 1.30. The van der Waals surface area contributed by atoms with Crippen molar-refractivity contribution < 1.29 is 9.53 Å². The number of piperazine rings is 1. The lowest BCUT2D eigenvalue weighted by molar-refractivity contribution is 0.105. The first-order chi connectivity index (χ1) is 12.8. The van der Waals surface area contributed by atoms with Gasteiger partial charge in [0.1, 0.15) is 18.0 Å². The number of rotatable bonds is 6. The third kappa shape index (κ3) is 4.84. The van der Waals surface area contributed by atoms with E-state index in [2.05, 4.69) is 32.3 Å². The average molecular weight is 355 g/mol. The molecule has 3 rings (SSSR count). The molecule has 0 spiro atoms. The molecule has 7 nitrogen and oxygen atoms in total. The van der Waals surface area contributed by atoms with Gasteiger partial charge in [-0.2, -0.15) is 0 Å². The number of aromatic nitrogens is 2. The van der Waals surface area contributed by atoms with Gasteiger partial charge in [-0.05, 0) is 18.9 Å². The van der Waals surface area contributed by atoms with Crippen molar-refractivity contribution in [2.24, 2.45) is 0 Å². The summed E-state index contributed by atoms with van der Waals surface area (Å²) in [5.74, 6) is 1.70. The van der Waals surface area contributed by atoms with Gasteiger partial charge in [-0.1, -0.05) is 30.3 Å². The molecule has 1 aliphatic rings. The lowest BCUT2D eigenvalue weighted by Gasteiger charge is -2.34. The van der Waals surface area contributed by atoms with Crippen LogP contribution in [-0.4, -0.2) is 60.3 Å². The minimum absolute atomic E-state index is 0.238. The fraction of sp³-hybridized carbons (Fsp3) is 0.421. The second-order valence-electron chi connectivity index (χ2n) is 6.10. The third-order valence-electron chi connectivity index (χ3n) is 4.34. The normalized spacial score (nSPS) is 14.2. The van der Waals surface area contributed by atoms with Crippen LogP contribution in [0.5, 0.6) is 0 Å². The molecule has 0 atom stereocenters. The van der Waals surface area contributed by atoms with Gasteiger partial charge in [0.05, 0.1) is 6.61 Å². The second kappa shape index (κ2) is 9.03. The van der Waals surface area contributed by atoms with Crippen LogP contribution < -0.4 is 10.2 Å². The molecule has 0 radical (unpaired) electrons. The largest absolute Gasteiger partial charge is 0.450 e. The summed E-state index contributed by atoms with van der Waals surface area (Å²) >= 11 is 0. The van der Waals surface area contributed by atoms with E-state index in [9.17, 15) is 4.79 Å². The van der Waals surface area contributed by atoms with Crippen molar-refractivity contribution in [3.05, 3.63) is 48.3 Å². The first kappa shape index (κ1) is 18.0. The molecule has 2 heterocycles. The Kier molecular flexibility index (Phi) is 6.24. The second-order valence-corrected chi connectivity index (χ2v) is 6.10. The quantitative estimate of drug-likeness (QED) is 0.858. The van der Waals surface area contributed by atoms with E-state index in [4.69, 9.17) is 4.74 Å². The monoisotopic (exact) mass is 355 g/mol. The molecule has 1 saturated heterocycles. The van der Waals surface area contributed by atoms with Crippen LogP contribution in [0.3, 0.4) is 0 Å². The van der Waals surface area contributed by atoms with Gasteiger partial charge >= 0.3 is 6.09 Å². The van der Waals surface area contributed by atoms with Crippen LogP contribution in [0.2, 0.25) is 0 Å². The van der Waals surface area contributed by atoms with Crippen molar-refractivity contribution in [2.75, 3.05) is 49.5 Å². The molecule has 0 bridgehead atoms. The van der Waals surface area contributed by atoms with E-state index in [1.807, 2.05) is 31.2 Å². The summed E-state index contributed by atoms with van der Waals surface area (Å²) in [4.78, 5) is 24.4. The fourth-order valence-corrected chi connectivity index (χ4v) is 2.93. The average Bonchev–Trinajstić information content (AvgIpc) is 2.69. The van der Waals surface area contributed by atoms with Gasteiger partial charge in [-0.25, -0.2) is 14.8 Å².